The van der Waals surface area contributed by atoms with Gasteiger partial charge >= 0.3 is 12.2 Å². The van der Waals surface area contributed by atoms with Crippen molar-refractivity contribution < 1.29 is 38.1 Å². The first-order valence-corrected chi connectivity index (χ1v) is 23.7. The van der Waals surface area contributed by atoms with Crippen LogP contribution in [0.3, 0.4) is 0 Å². The van der Waals surface area contributed by atoms with Gasteiger partial charge in [-0.15, -0.1) is 0 Å². The second kappa shape index (κ2) is 18.4. The van der Waals surface area contributed by atoms with Crippen LogP contribution in [0, 0.1) is 17.8 Å². The Balaban J connectivity index is 0.939. The van der Waals surface area contributed by atoms with E-state index in [1.165, 1.54) is 14.2 Å². The molecule has 0 saturated carbocycles. The molecule has 3 aromatic carbocycles. The van der Waals surface area contributed by atoms with Crippen molar-refractivity contribution in [2.24, 2.45) is 22.7 Å². The van der Waals surface area contributed by atoms with Crippen molar-refractivity contribution >= 4 is 46.2 Å². The summed E-state index contributed by atoms with van der Waals surface area (Å²) >= 11 is 0. The third kappa shape index (κ3) is 8.50. The number of likely N-dealkylation sites (tertiary alicyclic amines) is 2. The Kier molecular flexibility index (Phi) is 12.6. The van der Waals surface area contributed by atoms with E-state index in [4.69, 9.17) is 28.9 Å². The standard InChI is InChI=1S/C51H63N7O8/c1-9-30-18-43(57(24-30)48(59)46(56-51(62)64-8)33-16-28(5)66-29(6)17-33)40-21-37-36-22-44-38(20-31(36)12-14-39(37)53-40)35-13-11-32(19-34(35)25-65-44)41-23-52-47(54-41)42-15-10-27(4)58(42)49(60)45(26(2)3)55-50(61)63-7/h11-14,19-20,22-23,26-30,33,42-43,45-46H,9-10,15-18,21,24-25H2,1-8H3,(H,52,54)(H,55,61)(H,56,62)/t27-,28+,29+,30-,42-,43-,45-,46-/m0/s1. The van der Waals surface area contributed by atoms with Crippen LogP contribution in [-0.4, -0.2) is 107 Å². The number of amides is 4. The Morgan fingerprint density at radius 3 is 2.38 bits per heavy atom. The topological polar surface area (TPSA) is 177 Å². The highest BCUT2D eigenvalue weighted by molar-refractivity contribution is 6.06. The van der Waals surface area contributed by atoms with Crippen LogP contribution < -0.4 is 15.4 Å². The van der Waals surface area contributed by atoms with E-state index in [1.807, 2.05) is 50.6 Å². The molecule has 350 valence electrons. The van der Waals surface area contributed by atoms with Gasteiger partial charge in [-0.25, -0.2) is 14.6 Å². The minimum absolute atomic E-state index is 0.0156. The Morgan fingerprint density at radius 2 is 1.65 bits per heavy atom. The molecule has 0 radical (unpaired) electrons. The predicted octanol–water partition coefficient (Wildman–Crippen LogP) is 8.41. The molecule has 3 N–H and O–H groups in total. The minimum Gasteiger partial charge on any atom is -0.488 e. The minimum atomic E-state index is -0.722. The van der Waals surface area contributed by atoms with Crippen LogP contribution in [0.5, 0.6) is 5.75 Å². The number of aliphatic imine (C=N–C) groups is 1. The predicted molar refractivity (Wildman–Crippen MR) is 251 cm³/mol. The zero-order chi connectivity index (χ0) is 46.6. The van der Waals surface area contributed by atoms with Gasteiger partial charge in [-0.2, -0.15) is 0 Å². The maximum absolute atomic E-state index is 14.7. The summed E-state index contributed by atoms with van der Waals surface area (Å²) in [6.07, 6.45) is 5.86. The van der Waals surface area contributed by atoms with Crippen molar-refractivity contribution in [2.45, 2.75) is 136 Å². The van der Waals surface area contributed by atoms with Crippen LogP contribution in [0.25, 0.3) is 33.2 Å². The summed E-state index contributed by atoms with van der Waals surface area (Å²) < 4.78 is 22.4. The zero-order valence-electron chi connectivity index (χ0n) is 39.3. The monoisotopic (exact) mass is 901 g/mol. The van der Waals surface area contributed by atoms with E-state index in [-0.39, 0.29) is 54.0 Å². The van der Waals surface area contributed by atoms with E-state index in [2.05, 4.69) is 65.0 Å². The van der Waals surface area contributed by atoms with Crippen LogP contribution >= 0.6 is 0 Å². The highest BCUT2D eigenvalue weighted by atomic mass is 16.5. The SMILES string of the molecule is CC[C@H]1C[C@@H](C2=Nc3ccc4cc5c(cc4c3C2)OCc2cc(-c3cnc([C@@H]4CC[C@H](C)N4C(=O)[C@@H](NC(=O)OC)C(C)C)[nH]3)ccc2-5)N(C(=O)[C@@H](NC(=O)OC)C2C[C@@H](C)O[C@H](C)C2)C1. The number of carbonyl (C=O) groups is 4. The number of nitrogens with zero attached hydrogens (tertiary/aromatic N) is 4. The summed E-state index contributed by atoms with van der Waals surface area (Å²) in [6, 6.07) is 13.1. The van der Waals surface area contributed by atoms with Gasteiger partial charge in [0.2, 0.25) is 11.8 Å². The van der Waals surface area contributed by atoms with Crippen LogP contribution in [0.1, 0.15) is 103 Å². The molecule has 0 spiro atoms. The number of alkyl carbamates (subject to hydrolysis) is 2. The van der Waals surface area contributed by atoms with Gasteiger partial charge in [-0.3, -0.25) is 14.6 Å². The van der Waals surface area contributed by atoms with Crippen LogP contribution in [-0.2, 0) is 36.8 Å². The van der Waals surface area contributed by atoms with E-state index < -0.39 is 24.3 Å². The lowest BCUT2D eigenvalue weighted by atomic mass is 9.85. The van der Waals surface area contributed by atoms with Gasteiger partial charge in [0.1, 0.15) is 30.3 Å². The maximum Gasteiger partial charge on any atom is 0.407 e. The smallest absolute Gasteiger partial charge is 0.407 e. The number of hydrogen-bond donors (Lipinski definition) is 3. The fraction of sp³-hybridized carbons (Fsp3) is 0.529. The average molecular weight is 902 g/mol. The lowest BCUT2D eigenvalue weighted by molar-refractivity contribution is -0.138. The molecule has 0 bridgehead atoms. The number of fused-ring (bicyclic) bond motifs is 6. The Morgan fingerprint density at radius 1 is 0.894 bits per heavy atom. The first-order chi connectivity index (χ1) is 31.7. The molecule has 1 aromatic heterocycles. The average Bonchev–Trinajstić information content (AvgIpc) is 4.14. The van der Waals surface area contributed by atoms with E-state index in [9.17, 15) is 19.2 Å². The number of aromatic amines is 1. The number of nitrogens with one attached hydrogen (secondary N) is 3. The summed E-state index contributed by atoms with van der Waals surface area (Å²) in [5.41, 5.74) is 8.02. The number of hydrogen-bond acceptors (Lipinski definition) is 10. The molecule has 15 heteroatoms. The molecule has 9 rings (SSSR count). The number of methoxy groups -OCH3 is 2. The summed E-state index contributed by atoms with van der Waals surface area (Å²) in [4.78, 5) is 70.8. The lowest BCUT2D eigenvalue weighted by Crippen LogP contribution is -2.56. The number of rotatable bonds is 10. The molecule has 5 aliphatic heterocycles. The Hall–Kier alpha value is -5.96. The van der Waals surface area contributed by atoms with Crippen molar-refractivity contribution in [3.8, 4) is 28.1 Å². The number of ether oxygens (including phenoxy) is 4. The zero-order valence-corrected chi connectivity index (χ0v) is 39.3. The summed E-state index contributed by atoms with van der Waals surface area (Å²) in [5, 5.41) is 7.83. The Bertz CT molecular complexity index is 2560. The number of benzene rings is 3. The molecule has 3 fully saturated rings. The van der Waals surface area contributed by atoms with Gasteiger partial charge in [0, 0.05) is 30.3 Å². The normalized spacial score (nSPS) is 25.3. The van der Waals surface area contributed by atoms with Crippen molar-refractivity contribution in [3.63, 3.8) is 0 Å². The van der Waals surface area contributed by atoms with Crippen molar-refractivity contribution in [1.29, 1.82) is 0 Å². The largest absolute Gasteiger partial charge is 0.488 e. The Labute approximate surface area is 386 Å². The summed E-state index contributed by atoms with van der Waals surface area (Å²) in [6.45, 7) is 13.1. The van der Waals surface area contributed by atoms with Crippen LogP contribution in [0.2, 0.25) is 0 Å². The molecule has 0 unspecified atom stereocenters. The molecule has 5 aliphatic rings. The number of carbonyl (C=O) groups excluding carboxylic acids is 4. The van der Waals surface area contributed by atoms with Gasteiger partial charge in [-0.1, -0.05) is 45.4 Å². The molecule has 0 aliphatic carbocycles. The molecule has 15 nitrogen and oxygen atoms in total. The molecular formula is C51H63N7O8. The van der Waals surface area contributed by atoms with Crippen molar-refractivity contribution in [1.82, 2.24) is 30.4 Å². The third-order valence-electron chi connectivity index (χ3n) is 14.7. The quantitative estimate of drug-likeness (QED) is 0.141. The van der Waals surface area contributed by atoms with Gasteiger partial charge < -0.3 is 44.4 Å². The fourth-order valence-corrected chi connectivity index (χ4v) is 11.3. The van der Waals surface area contributed by atoms with Crippen LogP contribution in [0.4, 0.5) is 15.3 Å². The number of H-pyrrole nitrogens is 1. The number of imidazole rings is 1. The van der Waals surface area contributed by atoms with Gasteiger partial charge in [0.25, 0.3) is 0 Å². The third-order valence-corrected chi connectivity index (χ3v) is 14.7. The highest BCUT2D eigenvalue weighted by Crippen LogP contribution is 2.46. The number of aromatic nitrogens is 2. The summed E-state index contributed by atoms with van der Waals surface area (Å²) in [7, 11) is 2.63. The van der Waals surface area contributed by atoms with E-state index >= 15 is 0 Å². The van der Waals surface area contributed by atoms with E-state index in [0.29, 0.717) is 44.2 Å². The van der Waals surface area contributed by atoms with Gasteiger partial charge in [0.15, 0.2) is 0 Å². The molecule has 4 aromatic rings. The first-order valence-electron chi connectivity index (χ1n) is 23.7. The molecular weight excluding hydrogens is 839 g/mol. The molecule has 4 amide bonds. The molecule has 6 heterocycles. The van der Waals surface area contributed by atoms with E-state index in [0.717, 1.165) is 87.1 Å². The van der Waals surface area contributed by atoms with Crippen LogP contribution in [0.15, 0.2) is 53.7 Å². The molecule has 3 saturated heterocycles. The molecule has 8 atom stereocenters. The fourth-order valence-electron chi connectivity index (χ4n) is 11.3. The molecule has 66 heavy (non-hydrogen) atoms. The van der Waals surface area contributed by atoms with Crippen molar-refractivity contribution in [2.75, 3.05) is 20.8 Å². The lowest BCUT2D eigenvalue weighted by Gasteiger charge is -2.38. The highest BCUT2D eigenvalue weighted by Gasteiger charge is 2.45. The maximum atomic E-state index is 14.7. The van der Waals surface area contributed by atoms with E-state index in [1.54, 1.807) is 0 Å². The first kappa shape index (κ1) is 45.2. The van der Waals surface area contributed by atoms with Gasteiger partial charge in [-0.05, 0) is 128 Å². The van der Waals surface area contributed by atoms with Gasteiger partial charge in [0.05, 0.1) is 56.1 Å². The second-order valence-corrected chi connectivity index (χ2v) is 19.4. The second-order valence-electron chi connectivity index (χ2n) is 19.4. The van der Waals surface area contributed by atoms with Crippen molar-refractivity contribution in [3.05, 3.63) is 65.6 Å². The summed E-state index contributed by atoms with van der Waals surface area (Å²) in [5.74, 6) is 1.41.